The van der Waals surface area contributed by atoms with Crippen molar-refractivity contribution in [2.24, 2.45) is 23.2 Å². The quantitative estimate of drug-likeness (QED) is 0.407. The summed E-state index contributed by atoms with van der Waals surface area (Å²) in [7, 11) is 0. The van der Waals surface area contributed by atoms with E-state index in [9.17, 15) is 19.5 Å². The van der Waals surface area contributed by atoms with E-state index in [4.69, 9.17) is 14.2 Å². The van der Waals surface area contributed by atoms with Crippen LogP contribution in [0.15, 0.2) is 6.07 Å². The van der Waals surface area contributed by atoms with Gasteiger partial charge in [0.25, 0.3) is 0 Å². The SMILES string of the molecule is CC1CCC(C(=O)N(c2cc(C#CC(C)(C)C)sc2C(=O)O)[C@@H](C)CCNC(=O)OC2COC3OCCC23)CC1. The van der Waals surface area contributed by atoms with Crippen LogP contribution < -0.4 is 10.2 Å². The summed E-state index contributed by atoms with van der Waals surface area (Å²) in [5.74, 6) is 5.59. The Kier molecular flexibility index (Phi) is 9.80. The molecule has 0 bridgehead atoms. The maximum atomic E-state index is 13.9. The van der Waals surface area contributed by atoms with Gasteiger partial charge in [-0.15, -0.1) is 11.3 Å². The highest BCUT2D eigenvalue weighted by atomic mass is 32.1. The molecule has 0 radical (unpaired) electrons. The van der Waals surface area contributed by atoms with Gasteiger partial charge in [-0.25, -0.2) is 9.59 Å². The minimum Gasteiger partial charge on any atom is -0.477 e. The lowest BCUT2D eigenvalue weighted by atomic mass is 9.82. The first-order valence-corrected chi connectivity index (χ1v) is 15.2. The largest absolute Gasteiger partial charge is 0.477 e. The molecule has 10 heteroatoms. The fraction of sp³-hybridized carbons (Fsp3) is 0.700. The highest BCUT2D eigenvalue weighted by Gasteiger charge is 2.44. The number of rotatable bonds is 8. The third-order valence-corrected chi connectivity index (χ3v) is 8.87. The maximum absolute atomic E-state index is 13.9. The van der Waals surface area contributed by atoms with Crippen LogP contribution in [0.2, 0.25) is 0 Å². The topological polar surface area (TPSA) is 114 Å². The third-order valence-electron chi connectivity index (χ3n) is 7.85. The molecule has 1 aliphatic carbocycles. The van der Waals surface area contributed by atoms with Crippen LogP contribution in [0, 0.1) is 35.0 Å². The molecule has 40 heavy (non-hydrogen) atoms. The number of fused-ring (bicyclic) bond motifs is 1. The van der Waals surface area contributed by atoms with Gasteiger partial charge in [0.15, 0.2) is 6.29 Å². The molecule has 1 aromatic heterocycles. The number of carbonyl (C=O) groups excluding carboxylic acids is 2. The Bertz CT molecular complexity index is 1140. The van der Waals surface area contributed by atoms with E-state index >= 15 is 0 Å². The summed E-state index contributed by atoms with van der Waals surface area (Å²) < 4.78 is 16.6. The van der Waals surface area contributed by atoms with E-state index in [1.165, 1.54) is 0 Å². The normalized spacial score (nSPS) is 26.8. The number of nitrogens with one attached hydrogen (secondary N) is 1. The second-order valence-electron chi connectivity index (χ2n) is 12.3. The van der Waals surface area contributed by atoms with Crippen LogP contribution in [0.3, 0.4) is 0 Å². The van der Waals surface area contributed by atoms with E-state index in [2.05, 4.69) is 24.1 Å². The molecule has 2 N–H and O–H groups in total. The fourth-order valence-corrected chi connectivity index (χ4v) is 6.38. The zero-order valence-electron chi connectivity index (χ0n) is 24.2. The van der Waals surface area contributed by atoms with E-state index < -0.39 is 12.1 Å². The van der Waals surface area contributed by atoms with Crippen LogP contribution in [-0.2, 0) is 19.0 Å². The summed E-state index contributed by atoms with van der Waals surface area (Å²) in [5, 5.41) is 12.8. The molecule has 3 fully saturated rings. The first-order chi connectivity index (χ1) is 18.9. The van der Waals surface area contributed by atoms with Gasteiger partial charge < -0.3 is 29.5 Å². The molecule has 3 aliphatic rings. The first-order valence-electron chi connectivity index (χ1n) is 14.3. The van der Waals surface area contributed by atoms with E-state index in [1.54, 1.807) is 11.0 Å². The summed E-state index contributed by atoms with van der Waals surface area (Å²) in [4.78, 5) is 41.1. The van der Waals surface area contributed by atoms with Crippen LogP contribution >= 0.6 is 11.3 Å². The summed E-state index contributed by atoms with van der Waals surface area (Å²) >= 11 is 1.09. The summed E-state index contributed by atoms with van der Waals surface area (Å²) in [6, 6.07) is 1.37. The fourth-order valence-electron chi connectivity index (χ4n) is 5.54. The first kappa shape index (κ1) is 30.4. The monoisotopic (exact) mass is 574 g/mol. The van der Waals surface area contributed by atoms with Gasteiger partial charge in [0.2, 0.25) is 5.91 Å². The Balaban J connectivity index is 1.48. The Hall–Kier alpha value is -2.61. The van der Waals surface area contributed by atoms with Gasteiger partial charge in [0.05, 0.1) is 29.7 Å². The van der Waals surface area contributed by atoms with Crippen molar-refractivity contribution < 1.29 is 33.7 Å². The molecule has 1 aromatic rings. The van der Waals surface area contributed by atoms with Crippen molar-refractivity contribution in [1.29, 1.82) is 0 Å². The Morgan fingerprint density at radius 2 is 1.93 bits per heavy atom. The lowest BCUT2D eigenvalue weighted by Crippen LogP contribution is -2.45. The maximum Gasteiger partial charge on any atom is 0.407 e. The lowest BCUT2D eigenvalue weighted by Gasteiger charge is -2.35. The molecule has 3 heterocycles. The summed E-state index contributed by atoms with van der Waals surface area (Å²) in [6.45, 7) is 11.3. The third kappa shape index (κ3) is 7.56. The van der Waals surface area contributed by atoms with Gasteiger partial charge in [0.1, 0.15) is 11.0 Å². The molecule has 2 aliphatic heterocycles. The van der Waals surface area contributed by atoms with Crippen molar-refractivity contribution in [2.75, 3.05) is 24.7 Å². The second kappa shape index (κ2) is 12.9. The Labute approximate surface area is 240 Å². The average Bonchev–Trinajstić information content (AvgIpc) is 3.60. The highest BCUT2D eigenvalue weighted by Crippen LogP contribution is 2.37. The molecule has 9 nitrogen and oxygen atoms in total. The number of anilines is 1. The minimum atomic E-state index is -1.08. The molecule has 4 atom stereocenters. The molecule has 220 valence electrons. The Morgan fingerprint density at radius 1 is 1.20 bits per heavy atom. The van der Waals surface area contributed by atoms with Gasteiger partial charge in [0, 0.05) is 23.9 Å². The number of carboxylic acids is 1. The number of carbonyl (C=O) groups is 3. The molecule has 2 amide bonds. The van der Waals surface area contributed by atoms with Crippen molar-refractivity contribution in [3.8, 4) is 11.8 Å². The number of alkyl carbamates (subject to hydrolysis) is 1. The molecule has 1 saturated carbocycles. The van der Waals surface area contributed by atoms with E-state index in [1.807, 2.05) is 27.7 Å². The molecule has 3 unspecified atom stereocenters. The number of hydrogen-bond donors (Lipinski definition) is 2. The number of amides is 2. The van der Waals surface area contributed by atoms with Crippen molar-refractivity contribution in [2.45, 2.75) is 91.6 Å². The number of thiophene rings is 1. The molecular weight excluding hydrogens is 532 g/mol. The van der Waals surface area contributed by atoms with Gasteiger partial charge >= 0.3 is 12.1 Å². The number of aromatic carboxylic acids is 1. The van der Waals surface area contributed by atoms with Gasteiger partial charge in [-0.3, -0.25) is 4.79 Å². The van der Waals surface area contributed by atoms with Crippen LogP contribution in [-0.4, -0.2) is 61.3 Å². The number of hydrogen-bond acceptors (Lipinski definition) is 7. The Morgan fingerprint density at radius 3 is 2.60 bits per heavy atom. The zero-order valence-corrected chi connectivity index (χ0v) is 25.0. The van der Waals surface area contributed by atoms with Crippen LogP contribution in [0.4, 0.5) is 10.5 Å². The summed E-state index contributed by atoms with van der Waals surface area (Å²) in [6.07, 6.45) is 3.57. The predicted octanol–water partition coefficient (Wildman–Crippen LogP) is 5.27. The molecule has 0 spiro atoms. The van der Waals surface area contributed by atoms with E-state index in [0.29, 0.717) is 36.1 Å². The van der Waals surface area contributed by atoms with Crippen molar-refractivity contribution >= 4 is 35.0 Å². The lowest BCUT2D eigenvalue weighted by molar-refractivity contribution is -0.124. The molecule has 0 aromatic carbocycles. The number of nitrogens with zero attached hydrogens (tertiary/aromatic N) is 1. The smallest absolute Gasteiger partial charge is 0.407 e. The van der Waals surface area contributed by atoms with Gasteiger partial charge in [-0.1, -0.05) is 18.8 Å². The summed E-state index contributed by atoms with van der Waals surface area (Å²) in [5.41, 5.74) is 0.135. The van der Waals surface area contributed by atoms with Crippen molar-refractivity contribution in [1.82, 2.24) is 5.32 Å². The predicted molar refractivity (Wildman–Crippen MR) is 152 cm³/mol. The number of carboxylic acid groups (broad SMARTS) is 1. The van der Waals surface area contributed by atoms with Gasteiger partial charge in [-0.05, 0) is 78.2 Å². The van der Waals surface area contributed by atoms with Crippen LogP contribution in [0.5, 0.6) is 0 Å². The van der Waals surface area contributed by atoms with Crippen molar-refractivity contribution in [3.63, 3.8) is 0 Å². The average molecular weight is 575 g/mol. The highest BCUT2D eigenvalue weighted by molar-refractivity contribution is 7.15. The van der Waals surface area contributed by atoms with E-state index in [0.717, 1.165) is 43.4 Å². The van der Waals surface area contributed by atoms with Crippen LogP contribution in [0.1, 0.15) is 87.7 Å². The molecule has 2 saturated heterocycles. The zero-order chi connectivity index (χ0) is 29.0. The van der Waals surface area contributed by atoms with Crippen molar-refractivity contribution in [3.05, 3.63) is 15.8 Å². The second-order valence-corrected chi connectivity index (χ2v) is 13.4. The van der Waals surface area contributed by atoms with E-state index in [-0.39, 0.29) is 53.0 Å². The number of ether oxygens (including phenoxy) is 3. The van der Waals surface area contributed by atoms with Crippen LogP contribution in [0.25, 0.3) is 0 Å². The van der Waals surface area contributed by atoms with Gasteiger partial charge in [-0.2, -0.15) is 0 Å². The molecule has 4 rings (SSSR count). The minimum absolute atomic E-state index is 0.0552. The molecular formula is C30H42N2O7S. The standard InChI is InChI=1S/C30H42N2O7S/c1-18-6-8-20(9-7-18)26(33)32(23-16-21(10-13-30(3,4)5)40-25(23)27(34)35)19(2)11-14-31-29(36)39-24-17-38-28-22(24)12-15-37-28/h16,18-20,22,24,28H,6-9,11-12,14-15,17H2,1-5H3,(H,31,36)(H,34,35)/t18?,19-,20?,22?,24?,28?/m0/s1.